The molecule has 1 heterocycles. The predicted octanol–water partition coefficient (Wildman–Crippen LogP) is 5.73. The average Bonchev–Trinajstić information content (AvgIpc) is 3.26. The summed E-state index contributed by atoms with van der Waals surface area (Å²) in [6, 6.07) is 9.36. The van der Waals surface area contributed by atoms with E-state index in [-0.39, 0.29) is 16.6 Å². The van der Waals surface area contributed by atoms with Crippen molar-refractivity contribution in [2.24, 2.45) is 0 Å². The minimum atomic E-state index is -0.537. The van der Waals surface area contributed by atoms with Crippen LogP contribution in [0.5, 0.6) is 0 Å². The van der Waals surface area contributed by atoms with Crippen LogP contribution >= 0.6 is 23.2 Å². The Morgan fingerprint density at radius 1 is 1.12 bits per heavy atom. The first-order valence-electron chi connectivity index (χ1n) is 11.2. The second-order valence-corrected chi connectivity index (χ2v) is 10.4. The van der Waals surface area contributed by atoms with Gasteiger partial charge < -0.3 is 9.30 Å². The lowest BCUT2D eigenvalue weighted by Gasteiger charge is -2.26. The van der Waals surface area contributed by atoms with E-state index in [9.17, 15) is 9.59 Å². The molecule has 1 aliphatic carbocycles. The summed E-state index contributed by atoms with van der Waals surface area (Å²) in [6.07, 6.45) is 5.46. The molecule has 1 aromatic heterocycles. The maximum Gasteiger partial charge on any atom is 0.338 e. The molecule has 7 heteroatoms. The van der Waals surface area contributed by atoms with E-state index >= 15 is 0 Å². The smallest absolute Gasteiger partial charge is 0.338 e. The molecule has 0 atom stereocenters. The third-order valence-electron chi connectivity index (χ3n) is 5.86. The molecule has 1 saturated carbocycles. The number of carbonyl (C=O) groups excluding carboxylic acids is 1. The Hall–Kier alpha value is -1.82. The van der Waals surface area contributed by atoms with Gasteiger partial charge in [-0.3, -0.25) is 9.69 Å². The van der Waals surface area contributed by atoms with Gasteiger partial charge in [0.1, 0.15) is 10.6 Å². The van der Waals surface area contributed by atoms with Crippen LogP contribution in [0.2, 0.25) is 10.0 Å². The van der Waals surface area contributed by atoms with Gasteiger partial charge in [0.05, 0.1) is 16.3 Å². The van der Waals surface area contributed by atoms with Gasteiger partial charge in [-0.15, -0.1) is 0 Å². The number of carbonyl (C=O) groups is 1. The molecule has 32 heavy (non-hydrogen) atoms. The van der Waals surface area contributed by atoms with Crippen molar-refractivity contribution in [3.63, 3.8) is 0 Å². The fourth-order valence-corrected chi connectivity index (χ4v) is 4.67. The molecule has 3 rings (SSSR count). The van der Waals surface area contributed by atoms with Crippen molar-refractivity contribution in [1.29, 1.82) is 0 Å². The molecule has 0 unspecified atom stereocenters. The Kier molecular flexibility index (Phi) is 8.07. The van der Waals surface area contributed by atoms with Crippen LogP contribution in [0.25, 0.3) is 0 Å². The van der Waals surface area contributed by atoms with Crippen LogP contribution in [0, 0.1) is 0 Å². The van der Waals surface area contributed by atoms with E-state index in [4.69, 9.17) is 27.9 Å². The Morgan fingerprint density at radius 3 is 2.34 bits per heavy atom. The number of esters is 1. The molecule has 5 nitrogen and oxygen atoms in total. The first-order valence-corrected chi connectivity index (χ1v) is 11.9. The fraction of sp³-hybridized carbons (Fsp3) is 0.520. The molecule has 0 bridgehead atoms. The van der Waals surface area contributed by atoms with Crippen LogP contribution in [0.3, 0.4) is 0 Å². The van der Waals surface area contributed by atoms with Gasteiger partial charge in [-0.05, 0) is 70.8 Å². The van der Waals surface area contributed by atoms with E-state index in [0.29, 0.717) is 36.1 Å². The Labute approximate surface area is 200 Å². The van der Waals surface area contributed by atoms with Crippen molar-refractivity contribution >= 4 is 29.2 Å². The van der Waals surface area contributed by atoms with Crippen LogP contribution < -0.4 is 5.56 Å². The van der Waals surface area contributed by atoms with Crippen molar-refractivity contribution in [2.75, 3.05) is 7.05 Å². The summed E-state index contributed by atoms with van der Waals surface area (Å²) in [6.45, 7) is 6.59. The maximum atomic E-state index is 12.8. The number of hydrogen-bond acceptors (Lipinski definition) is 4. The van der Waals surface area contributed by atoms with Crippen LogP contribution in [0.1, 0.15) is 68.1 Å². The molecule has 1 aliphatic rings. The number of aromatic nitrogens is 1. The number of aryl methyl sites for hydroxylation is 1. The van der Waals surface area contributed by atoms with Crippen LogP contribution in [-0.2, 0) is 24.2 Å². The SMILES string of the molecule is CN(Cc1c(Cl)cc(Cl)c(=O)n1CCc1ccc(C(=O)OC(C)(C)C)cc1)C1CCCC1. The van der Waals surface area contributed by atoms with Gasteiger partial charge in [0, 0.05) is 19.1 Å². The van der Waals surface area contributed by atoms with Gasteiger partial charge in [-0.2, -0.15) is 0 Å². The topological polar surface area (TPSA) is 51.5 Å². The summed E-state index contributed by atoms with van der Waals surface area (Å²) in [4.78, 5) is 27.3. The lowest BCUT2D eigenvalue weighted by atomic mass is 10.1. The highest BCUT2D eigenvalue weighted by molar-refractivity contribution is 6.34. The molecule has 2 aromatic rings. The van der Waals surface area contributed by atoms with Gasteiger partial charge in [0.15, 0.2) is 0 Å². The minimum Gasteiger partial charge on any atom is -0.456 e. The monoisotopic (exact) mass is 478 g/mol. The first kappa shape index (κ1) is 24.8. The summed E-state index contributed by atoms with van der Waals surface area (Å²) >= 11 is 12.7. The molecule has 0 radical (unpaired) electrons. The van der Waals surface area contributed by atoms with Crippen molar-refractivity contribution < 1.29 is 9.53 Å². The molecular formula is C25H32Cl2N2O3. The fourth-order valence-electron chi connectivity index (χ4n) is 4.13. The van der Waals surface area contributed by atoms with E-state index in [1.165, 1.54) is 25.7 Å². The third kappa shape index (κ3) is 6.37. The van der Waals surface area contributed by atoms with E-state index in [1.807, 2.05) is 32.9 Å². The molecule has 0 saturated heterocycles. The molecular weight excluding hydrogens is 447 g/mol. The van der Waals surface area contributed by atoms with Crippen molar-refractivity contribution in [1.82, 2.24) is 9.47 Å². The van der Waals surface area contributed by atoms with Gasteiger partial charge in [-0.25, -0.2) is 4.79 Å². The molecule has 1 fully saturated rings. The zero-order chi connectivity index (χ0) is 23.5. The Morgan fingerprint density at radius 2 is 1.75 bits per heavy atom. The largest absolute Gasteiger partial charge is 0.456 e. The lowest BCUT2D eigenvalue weighted by Crippen LogP contribution is -2.33. The average molecular weight is 479 g/mol. The summed E-state index contributed by atoms with van der Waals surface area (Å²) in [5, 5.41) is 0.641. The van der Waals surface area contributed by atoms with Crippen LogP contribution in [0.15, 0.2) is 35.1 Å². The summed E-state index contributed by atoms with van der Waals surface area (Å²) in [5.41, 5.74) is 1.54. The number of nitrogens with zero attached hydrogens (tertiary/aromatic N) is 2. The Bertz CT molecular complexity index is 1000. The van der Waals surface area contributed by atoms with Crippen LogP contribution in [-0.4, -0.2) is 34.1 Å². The third-order valence-corrected chi connectivity index (χ3v) is 6.46. The Balaban J connectivity index is 1.75. The highest BCUT2D eigenvalue weighted by Gasteiger charge is 2.22. The molecule has 1 aromatic carbocycles. The normalized spacial score (nSPS) is 14.8. The summed E-state index contributed by atoms with van der Waals surface area (Å²) < 4.78 is 7.10. The lowest BCUT2D eigenvalue weighted by molar-refractivity contribution is 0.00695. The summed E-state index contributed by atoms with van der Waals surface area (Å²) in [7, 11) is 2.09. The highest BCUT2D eigenvalue weighted by atomic mass is 35.5. The number of hydrogen-bond donors (Lipinski definition) is 0. The summed E-state index contributed by atoms with van der Waals surface area (Å²) in [5.74, 6) is -0.348. The number of halogens is 2. The van der Waals surface area contributed by atoms with Gasteiger partial charge in [-0.1, -0.05) is 48.2 Å². The number of ether oxygens (including phenoxy) is 1. The minimum absolute atomic E-state index is 0.127. The molecule has 0 N–H and O–H groups in total. The first-order chi connectivity index (χ1) is 15.0. The van der Waals surface area contributed by atoms with Gasteiger partial charge in [0.2, 0.25) is 0 Å². The van der Waals surface area contributed by atoms with Crippen molar-refractivity contribution in [3.05, 3.63) is 67.6 Å². The van der Waals surface area contributed by atoms with Crippen LogP contribution in [0.4, 0.5) is 0 Å². The predicted molar refractivity (Wildman–Crippen MR) is 130 cm³/mol. The standard InChI is InChI=1S/C25H32Cl2N2O3/c1-25(2,3)32-24(31)18-11-9-17(10-12-18)13-14-29-22(20(26)15-21(27)23(29)30)16-28(4)19-7-5-6-8-19/h9-12,15,19H,5-8,13-14,16H2,1-4H3. The number of benzene rings is 1. The van der Waals surface area contributed by atoms with Gasteiger partial charge >= 0.3 is 5.97 Å². The van der Waals surface area contributed by atoms with Gasteiger partial charge in [0.25, 0.3) is 5.56 Å². The molecule has 174 valence electrons. The number of rotatable bonds is 7. The number of pyridine rings is 1. The van der Waals surface area contributed by atoms with Crippen molar-refractivity contribution in [3.8, 4) is 0 Å². The maximum absolute atomic E-state index is 12.8. The quantitative estimate of drug-likeness (QED) is 0.476. The zero-order valence-corrected chi connectivity index (χ0v) is 20.8. The molecule has 0 spiro atoms. The van der Waals surface area contributed by atoms with E-state index in [2.05, 4.69) is 11.9 Å². The van der Waals surface area contributed by atoms with Crippen molar-refractivity contribution in [2.45, 2.75) is 77.6 Å². The van der Waals surface area contributed by atoms with E-state index in [1.54, 1.807) is 22.8 Å². The zero-order valence-electron chi connectivity index (χ0n) is 19.3. The molecule has 0 aliphatic heterocycles. The van der Waals surface area contributed by atoms with E-state index < -0.39 is 5.60 Å². The highest BCUT2D eigenvalue weighted by Crippen LogP contribution is 2.26. The van der Waals surface area contributed by atoms with E-state index in [0.717, 1.165) is 11.3 Å². The second-order valence-electron chi connectivity index (χ2n) is 9.55. The second kappa shape index (κ2) is 10.4. The molecule has 0 amide bonds.